The average molecular weight is 652 g/mol. The van der Waals surface area contributed by atoms with Gasteiger partial charge in [0.2, 0.25) is 0 Å². The third-order valence-corrected chi connectivity index (χ3v) is 8.42. The van der Waals surface area contributed by atoms with Crippen LogP contribution in [0.5, 0.6) is 11.5 Å². The minimum Gasteiger partial charge on any atom is -0.496 e. The van der Waals surface area contributed by atoms with Gasteiger partial charge in [0.15, 0.2) is 4.80 Å². The Morgan fingerprint density at radius 3 is 2.49 bits per heavy atom. The normalized spacial score (nSPS) is 14.4. The van der Waals surface area contributed by atoms with E-state index in [1.165, 1.54) is 35.1 Å². The second-order valence-corrected chi connectivity index (χ2v) is 11.3. The minimum absolute atomic E-state index is 0.113. The summed E-state index contributed by atoms with van der Waals surface area (Å²) < 4.78 is 24.4. The molecular weight excluding hydrogens is 622 g/mol. The number of hydrogen-bond donors (Lipinski definition) is 0. The number of nitrogens with zero attached hydrogens (tertiary/aromatic N) is 3. The molecule has 0 aliphatic carbocycles. The summed E-state index contributed by atoms with van der Waals surface area (Å²) >= 11 is 1.17. The summed E-state index contributed by atoms with van der Waals surface area (Å²) in [5.41, 5.74) is 2.08. The maximum Gasteiger partial charge on any atom is 0.338 e. The van der Waals surface area contributed by atoms with Crippen LogP contribution >= 0.6 is 11.3 Å². The van der Waals surface area contributed by atoms with Gasteiger partial charge >= 0.3 is 5.97 Å². The number of nitro benzene ring substituents is 1. The van der Waals surface area contributed by atoms with E-state index in [-0.39, 0.29) is 29.2 Å². The second-order valence-electron chi connectivity index (χ2n) is 10.3. The first-order valence-corrected chi connectivity index (χ1v) is 15.6. The van der Waals surface area contributed by atoms with E-state index in [9.17, 15) is 19.7 Å². The summed E-state index contributed by atoms with van der Waals surface area (Å²) in [4.78, 5) is 43.8. The Balaban J connectivity index is 1.52. The molecule has 0 saturated carbocycles. The summed E-state index contributed by atoms with van der Waals surface area (Å²) in [6.07, 6.45) is 1.61. The molecule has 12 heteroatoms. The molecule has 1 atom stereocenters. The summed E-state index contributed by atoms with van der Waals surface area (Å²) in [6, 6.07) is 23.4. The second kappa shape index (κ2) is 13.3. The van der Waals surface area contributed by atoms with Gasteiger partial charge in [-0.15, -0.1) is 0 Å². The van der Waals surface area contributed by atoms with E-state index in [1.54, 1.807) is 43.3 Å². The van der Waals surface area contributed by atoms with E-state index < -0.39 is 16.9 Å². The SMILES string of the molecule is CCOC(=O)C1=C(c2ccccc2)N=c2s/c(=C\c3ccc(-c4ccc([N+](=O)[O-])cc4OC)o3)c(=O)n2[C@@H]1c1ccc(OCC)cc1. The quantitative estimate of drug-likeness (QED) is 0.110. The molecule has 1 aliphatic heterocycles. The van der Waals surface area contributed by atoms with Crippen LogP contribution in [0.25, 0.3) is 23.1 Å². The fourth-order valence-corrected chi connectivity index (χ4v) is 6.35. The number of non-ortho nitro benzene ring substituents is 1. The molecule has 238 valence electrons. The third-order valence-electron chi connectivity index (χ3n) is 7.44. The Morgan fingerprint density at radius 2 is 1.81 bits per heavy atom. The van der Waals surface area contributed by atoms with Crippen molar-refractivity contribution in [2.45, 2.75) is 19.9 Å². The standard InChI is InChI=1S/C35H29N3O8S/c1-4-44-24-14-11-22(12-15-24)32-30(34(40)45-5-2)31(21-9-7-6-8-10-21)36-35-37(32)33(39)29(47-35)20-25-16-18-27(46-25)26-17-13-23(38(41)42)19-28(26)43-3/h6-20,32H,4-5H2,1-3H3/b29-20-/t32-/m1/s1. The van der Waals surface area contributed by atoms with Gasteiger partial charge in [-0.25, -0.2) is 9.79 Å². The maximum atomic E-state index is 14.2. The van der Waals surface area contributed by atoms with Gasteiger partial charge < -0.3 is 18.6 Å². The van der Waals surface area contributed by atoms with E-state index in [0.717, 1.165) is 0 Å². The summed E-state index contributed by atoms with van der Waals surface area (Å²) in [7, 11) is 1.42. The lowest BCUT2D eigenvalue weighted by atomic mass is 9.93. The first-order chi connectivity index (χ1) is 22.8. The average Bonchev–Trinajstić information content (AvgIpc) is 3.68. The van der Waals surface area contributed by atoms with Crippen LogP contribution in [-0.4, -0.2) is 35.8 Å². The Morgan fingerprint density at radius 1 is 1.04 bits per heavy atom. The van der Waals surface area contributed by atoms with Crippen LogP contribution in [-0.2, 0) is 9.53 Å². The number of methoxy groups -OCH3 is 1. The van der Waals surface area contributed by atoms with Gasteiger partial charge in [-0.2, -0.15) is 0 Å². The predicted octanol–water partition coefficient (Wildman–Crippen LogP) is 5.51. The van der Waals surface area contributed by atoms with Crippen LogP contribution < -0.4 is 24.4 Å². The number of esters is 1. The maximum absolute atomic E-state index is 14.2. The van der Waals surface area contributed by atoms with Crippen molar-refractivity contribution >= 4 is 34.8 Å². The molecular formula is C35H29N3O8S. The molecule has 0 saturated heterocycles. The molecule has 3 aromatic carbocycles. The molecule has 11 nitrogen and oxygen atoms in total. The van der Waals surface area contributed by atoms with Crippen LogP contribution in [0, 0.1) is 10.1 Å². The van der Waals surface area contributed by atoms with E-state index in [1.807, 2.05) is 49.4 Å². The fraction of sp³-hybridized carbons (Fsp3) is 0.171. The van der Waals surface area contributed by atoms with Crippen LogP contribution in [0.4, 0.5) is 5.69 Å². The monoisotopic (exact) mass is 651 g/mol. The van der Waals surface area contributed by atoms with E-state index in [0.29, 0.717) is 55.6 Å². The Bertz CT molecular complexity index is 2180. The number of nitro groups is 1. The molecule has 0 spiro atoms. The zero-order chi connectivity index (χ0) is 33.1. The molecule has 0 radical (unpaired) electrons. The number of hydrogen-bond acceptors (Lipinski definition) is 10. The molecule has 0 amide bonds. The molecule has 6 rings (SSSR count). The number of carbonyl (C=O) groups excluding carboxylic acids is 1. The van der Waals surface area contributed by atoms with Crippen LogP contribution in [0.2, 0.25) is 0 Å². The fourth-order valence-electron chi connectivity index (χ4n) is 5.37. The zero-order valence-electron chi connectivity index (χ0n) is 25.7. The molecule has 0 bridgehead atoms. The highest BCUT2D eigenvalue weighted by atomic mass is 32.1. The molecule has 47 heavy (non-hydrogen) atoms. The number of carbonyl (C=O) groups is 1. The minimum atomic E-state index is -0.838. The van der Waals surface area contributed by atoms with Crippen LogP contribution in [0.3, 0.4) is 0 Å². The number of rotatable bonds is 10. The zero-order valence-corrected chi connectivity index (χ0v) is 26.5. The van der Waals surface area contributed by atoms with E-state index in [4.69, 9.17) is 23.6 Å². The smallest absolute Gasteiger partial charge is 0.338 e. The lowest BCUT2D eigenvalue weighted by Crippen LogP contribution is -2.40. The molecule has 5 aromatic rings. The number of furan rings is 1. The molecule has 0 unspecified atom stereocenters. The summed E-state index contributed by atoms with van der Waals surface area (Å²) in [6.45, 7) is 4.26. The van der Waals surface area contributed by atoms with Crippen LogP contribution in [0.15, 0.2) is 105 Å². The largest absolute Gasteiger partial charge is 0.496 e. The predicted molar refractivity (Wildman–Crippen MR) is 176 cm³/mol. The van der Waals surface area contributed by atoms with Gasteiger partial charge in [0.1, 0.15) is 23.0 Å². The number of benzene rings is 3. The van der Waals surface area contributed by atoms with E-state index in [2.05, 4.69) is 0 Å². The van der Waals surface area contributed by atoms with Crippen molar-refractivity contribution in [2.24, 2.45) is 4.99 Å². The van der Waals surface area contributed by atoms with Crippen LogP contribution in [0.1, 0.15) is 36.8 Å². The van der Waals surface area contributed by atoms with Gasteiger partial charge in [-0.3, -0.25) is 19.5 Å². The Labute approximate surface area is 272 Å². The molecule has 2 aromatic heterocycles. The molecule has 1 aliphatic rings. The highest BCUT2D eigenvalue weighted by molar-refractivity contribution is 7.07. The van der Waals surface area contributed by atoms with Crippen molar-refractivity contribution in [1.82, 2.24) is 4.57 Å². The third kappa shape index (κ3) is 6.10. The topological polar surface area (TPSA) is 135 Å². The van der Waals surface area contributed by atoms with Gasteiger partial charge in [-0.1, -0.05) is 53.8 Å². The first-order valence-electron chi connectivity index (χ1n) is 14.8. The molecule has 0 N–H and O–H groups in total. The lowest BCUT2D eigenvalue weighted by Gasteiger charge is -2.26. The number of aromatic nitrogens is 1. The Hall–Kier alpha value is -5.75. The highest BCUT2D eigenvalue weighted by Gasteiger charge is 2.35. The van der Waals surface area contributed by atoms with Crippen molar-refractivity contribution in [3.8, 4) is 22.8 Å². The van der Waals surface area contributed by atoms with Crippen molar-refractivity contribution in [2.75, 3.05) is 20.3 Å². The van der Waals surface area contributed by atoms with Crippen molar-refractivity contribution in [1.29, 1.82) is 0 Å². The van der Waals surface area contributed by atoms with Crippen molar-refractivity contribution in [3.05, 3.63) is 137 Å². The summed E-state index contributed by atoms with van der Waals surface area (Å²) in [5, 5.41) is 11.2. The molecule has 0 fully saturated rings. The van der Waals surface area contributed by atoms with E-state index >= 15 is 0 Å². The lowest BCUT2D eigenvalue weighted by molar-refractivity contribution is -0.384. The van der Waals surface area contributed by atoms with Gasteiger partial charge in [0.25, 0.3) is 11.2 Å². The van der Waals surface area contributed by atoms with Gasteiger partial charge in [-0.05, 0) is 49.7 Å². The van der Waals surface area contributed by atoms with Crippen molar-refractivity contribution < 1.29 is 28.3 Å². The number of ether oxygens (including phenoxy) is 3. The first kappa shape index (κ1) is 31.2. The number of fused-ring (bicyclic) bond motifs is 1. The van der Waals surface area contributed by atoms with Gasteiger partial charge in [0, 0.05) is 17.7 Å². The Kier molecular flexibility index (Phi) is 8.85. The van der Waals surface area contributed by atoms with Gasteiger partial charge in [0.05, 0.1) is 58.7 Å². The van der Waals surface area contributed by atoms with Crippen molar-refractivity contribution in [3.63, 3.8) is 0 Å². The highest BCUT2D eigenvalue weighted by Crippen LogP contribution is 2.36. The summed E-state index contributed by atoms with van der Waals surface area (Å²) in [5.74, 6) is 1.13. The number of thiazole rings is 1. The molecule has 3 heterocycles.